The standard InChI is InChI=1S/C12H21N5/c1-12(2)6-4-5-8(12)15-10-7-9(14-3)16-11(13)17-10/h7-8H,4-6H2,1-3H3,(H4,13,14,15,16,17). The van der Waals surface area contributed by atoms with Crippen LogP contribution in [0, 0.1) is 5.41 Å². The SMILES string of the molecule is CNc1cc(NC2CCCC2(C)C)nc(N)n1. The van der Waals surface area contributed by atoms with Crippen molar-refractivity contribution in [1.29, 1.82) is 0 Å². The molecule has 0 spiro atoms. The Balaban J connectivity index is 2.15. The minimum Gasteiger partial charge on any atom is -0.373 e. The number of anilines is 3. The topological polar surface area (TPSA) is 75.9 Å². The third-order valence-electron chi connectivity index (χ3n) is 3.58. The minimum atomic E-state index is 0.301. The largest absolute Gasteiger partial charge is 0.373 e. The molecule has 0 bridgehead atoms. The maximum Gasteiger partial charge on any atom is 0.223 e. The van der Waals surface area contributed by atoms with Crippen LogP contribution in [0.2, 0.25) is 0 Å². The summed E-state index contributed by atoms with van der Waals surface area (Å²) in [6.45, 7) is 4.59. The molecule has 1 unspecified atom stereocenters. The van der Waals surface area contributed by atoms with E-state index in [9.17, 15) is 0 Å². The summed E-state index contributed by atoms with van der Waals surface area (Å²) in [6, 6.07) is 2.35. The third kappa shape index (κ3) is 2.60. The van der Waals surface area contributed by atoms with Crippen LogP contribution in [0.25, 0.3) is 0 Å². The summed E-state index contributed by atoms with van der Waals surface area (Å²) < 4.78 is 0. The molecule has 0 amide bonds. The molecule has 1 aromatic heterocycles. The first kappa shape index (κ1) is 12.0. The lowest BCUT2D eigenvalue weighted by molar-refractivity contribution is 0.349. The molecule has 1 heterocycles. The van der Waals surface area contributed by atoms with Crippen molar-refractivity contribution in [2.75, 3.05) is 23.4 Å². The number of rotatable bonds is 3. The van der Waals surface area contributed by atoms with Crippen LogP contribution in [0.15, 0.2) is 6.07 Å². The van der Waals surface area contributed by atoms with Crippen molar-refractivity contribution in [1.82, 2.24) is 9.97 Å². The van der Waals surface area contributed by atoms with Gasteiger partial charge in [-0.1, -0.05) is 20.3 Å². The molecule has 1 saturated carbocycles. The lowest BCUT2D eigenvalue weighted by Gasteiger charge is -2.28. The zero-order valence-electron chi connectivity index (χ0n) is 10.7. The molecular weight excluding hydrogens is 214 g/mol. The molecule has 0 radical (unpaired) electrons. The number of nitrogen functional groups attached to an aromatic ring is 1. The molecule has 94 valence electrons. The van der Waals surface area contributed by atoms with Gasteiger partial charge in [-0.25, -0.2) is 0 Å². The van der Waals surface area contributed by atoms with Gasteiger partial charge in [-0.15, -0.1) is 0 Å². The molecule has 1 aliphatic carbocycles. The molecule has 1 fully saturated rings. The quantitative estimate of drug-likeness (QED) is 0.748. The molecule has 17 heavy (non-hydrogen) atoms. The smallest absolute Gasteiger partial charge is 0.223 e. The summed E-state index contributed by atoms with van der Waals surface area (Å²) in [5.41, 5.74) is 5.99. The molecular formula is C12H21N5. The lowest BCUT2D eigenvalue weighted by Crippen LogP contribution is -2.31. The highest BCUT2D eigenvalue weighted by molar-refractivity contribution is 5.51. The van der Waals surface area contributed by atoms with Crippen molar-refractivity contribution in [3.63, 3.8) is 0 Å². The predicted molar refractivity (Wildman–Crippen MR) is 71.0 cm³/mol. The Morgan fingerprint density at radius 1 is 1.35 bits per heavy atom. The van der Waals surface area contributed by atoms with Gasteiger partial charge >= 0.3 is 0 Å². The van der Waals surface area contributed by atoms with E-state index in [-0.39, 0.29) is 0 Å². The van der Waals surface area contributed by atoms with E-state index in [1.54, 1.807) is 0 Å². The van der Waals surface area contributed by atoms with E-state index in [0.29, 0.717) is 17.4 Å². The van der Waals surface area contributed by atoms with Crippen molar-refractivity contribution in [3.05, 3.63) is 6.07 Å². The summed E-state index contributed by atoms with van der Waals surface area (Å²) >= 11 is 0. The Bertz CT molecular complexity index is 402. The molecule has 1 aliphatic rings. The Labute approximate surface area is 102 Å². The van der Waals surface area contributed by atoms with Crippen LogP contribution >= 0.6 is 0 Å². The van der Waals surface area contributed by atoms with Crippen LogP contribution in [0.1, 0.15) is 33.1 Å². The van der Waals surface area contributed by atoms with E-state index >= 15 is 0 Å². The van der Waals surface area contributed by atoms with Gasteiger partial charge in [0, 0.05) is 19.2 Å². The number of hydrogen-bond donors (Lipinski definition) is 3. The summed E-state index contributed by atoms with van der Waals surface area (Å²) in [4.78, 5) is 8.31. The first-order valence-electron chi connectivity index (χ1n) is 6.10. The zero-order valence-corrected chi connectivity index (χ0v) is 10.7. The van der Waals surface area contributed by atoms with Gasteiger partial charge < -0.3 is 16.4 Å². The average molecular weight is 235 g/mol. The number of nitrogens with two attached hydrogens (primary N) is 1. The molecule has 0 saturated heterocycles. The van der Waals surface area contributed by atoms with Crippen molar-refractivity contribution in [2.24, 2.45) is 5.41 Å². The molecule has 1 atom stereocenters. The first-order valence-corrected chi connectivity index (χ1v) is 6.10. The monoisotopic (exact) mass is 235 g/mol. The van der Waals surface area contributed by atoms with Crippen molar-refractivity contribution >= 4 is 17.6 Å². The fourth-order valence-electron chi connectivity index (χ4n) is 2.44. The second-order valence-electron chi connectivity index (χ2n) is 5.32. The number of nitrogens with zero attached hydrogens (tertiary/aromatic N) is 2. The molecule has 1 aromatic rings. The molecule has 5 heteroatoms. The summed E-state index contributed by atoms with van der Waals surface area (Å²) in [5, 5.41) is 6.46. The van der Waals surface area contributed by atoms with Crippen LogP contribution in [0.3, 0.4) is 0 Å². The number of hydrogen-bond acceptors (Lipinski definition) is 5. The lowest BCUT2D eigenvalue weighted by atomic mass is 9.87. The van der Waals surface area contributed by atoms with E-state index in [2.05, 4.69) is 34.4 Å². The minimum absolute atomic E-state index is 0.301. The Hall–Kier alpha value is -1.52. The molecule has 5 nitrogen and oxygen atoms in total. The highest BCUT2D eigenvalue weighted by atomic mass is 15.1. The first-order chi connectivity index (χ1) is 8.01. The average Bonchev–Trinajstić information content (AvgIpc) is 2.57. The maximum atomic E-state index is 5.67. The highest BCUT2D eigenvalue weighted by Crippen LogP contribution is 2.38. The maximum absolute atomic E-state index is 5.67. The van der Waals surface area contributed by atoms with E-state index in [0.717, 1.165) is 11.6 Å². The van der Waals surface area contributed by atoms with Gasteiger partial charge in [0.2, 0.25) is 5.95 Å². The van der Waals surface area contributed by atoms with Gasteiger partial charge in [0.05, 0.1) is 0 Å². The van der Waals surface area contributed by atoms with Gasteiger partial charge in [-0.3, -0.25) is 0 Å². The predicted octanol–water partition coefficient (Wildman–Crippen LogP) is 2.09. The highest BCUT2D eigenvalue weighted by Gasteiger charge is 2.34. The summed E-state index contributed by atoms with van der Waals surface area (Å²) in [5.74, 6) is 1.85. The van der Waals surface area contributed by atoms with Crippen LogP contribution in [0.5, 0.6) is 0 Å². The summed E-state index contributed by atoms with van der Waals surface area (Å²) in [6.07, 6.45) is 3.71. The fraction of sp³-hybridized carbons (Fsp3) is 0.667. The Morgan fingerprint density at radius 2 is 2.06 bits per heavy atom. The molecule has 2 rings (SSSR count). The van der Waals surface area contributed by atoms with E-state index < -0.39 is 0 Å². The molecule has 0 aromatic carbocycles. The number of nitrogens with one attached hydrogen (secondary N) is 2. The van der Waals surface area contributed by atoms with Gasteiger partial charge in [-0.05, 0) is 18.3 Å². The van der Waals surface area contributed by atoms with Crippen LogP contribution < -0.4 is 16.4 Å². The Morgan fingerprint density at radius 3 is 2.65 bits per heavy atom. The van der Waals surface area contributed by atoms with E-state index in [1.165, 1.54) is 19.3 Å². The summed E-state index contributed by atoms with van der Waals surface area (Å²) in [7, 11) is 1.82. The van der Waals surface area contributed by atoms with Gasteiger partial charge in [0.25, 0.3) is 0 Å². The van der Waals surface area contributed by atoms with Gasteiger partial charge in [-0.2, -0.15) is 9.97 Å². The second kappa shape index (κ2) is 4.39. The normalized spacial score (nSPS) is 22.4. The molecule has 4 N–H and O–H groups in total. The van der Waals surface area contributed by atoms with Crippen molar-refractivity contribution in [2.45, 2.75) is 39.2 Å². The van der Waals surface area contributed by atoms with E-state index in [4.69, 9.17) is 5.73 Å². The molecule has 0 aliphatic heterocycles. The van der Waals surface area contributed by atoms with Crippen LogP contribution in [0.4, 0.5) is 17.6 Å². The van der Waals surface area contributed by atoms with Crippen LogP contribution in [-0.2, 0) is 0 Å². The number of aromatic nitrogens is 2. The Kier molecular flexibility index (Phi) is 3.09. The second-order valence-corrected chi connectivity index (χ2v) is 5.32. The fourth-order valence-corrected chi connectivity index (χ4v) is 2.44. The third-order valence-corrected chi connectivity index (χ3v) is 3.58. The van der Waals surface area contributed by atoms with Crippen LogP contribution in [-0.4, -0.2) is 23.1 Å². The van der Waals surface area contributed by atoms with Crippen molar-refractivity contribution in [3.8, 4) is 0 Å². The van der Waals surface area contributed by atoms with Crippen molar-refractivity contribution < 1.29 is 0 Å². The zero-order chi connectivity index (χ0) is 12.5. The van der Waals surface area contributed by atoms with Gasteiger partial charge in [0.15, 0.2) is 0 Å². The van der Waals surface area contributed by atoms with E-state index in [1.807, 2.05) is 13.1 Å². The van der Waals surface area contributed by atoms with Gasteiger partial charge in [0.1, 0.15) is 11.6 Å².